The summed E-state index contributed by atoms with van der Waals surface area (Å²) in [6.45, 7) is 2.00. The maximum Gasteiger partial charge on any atom is 0.371 e. The second-order valence-corrected chi connectivity index (χ2v) is 1.28. The first-order valence-electron chi connectivity index (χ1n) is 2.36. The highest BCUT2D eigenvalue weighted by Gasteiger charge is 2.01. The number of carboxylic acids is 1. The zero-order valence-corrected chi connectivity index (χ0v) is 5.11. The summed E-state index contributed by atoms with van der Waals surface area (Å²) in [6, 6.07) is 2.92. The van der Waals surface area contributed by atoms with E-state index in [0.29, 0.717) is 0 Å². The van der Waals surface area contributed by atoms with Gasteiger partial charge in [0, 0.05) is 0 Å². The van der Waals surface area contributed by atoms with Gasteiger partial charge in [0.25, 0.3) is 0 Å². The zero-order valence-electron chi connectivity index (χ0n) is 5.11. The number of hydrogen-bond donors (Lipinski definition) is 1. The van der Waals surface area contributed by atoms with Gasteiger partial charge in [-0.2, -0.15) is 0 Å². The lowest BCUT2D eigenvalue weighted by Crippen LogP contribution is -1.90. The van der Waals surface area contributed by atoms with Gasteiger partial charge in [-0.1, -0.05) is 0 Å². The standard InChI is InChI=1S/C5H4O3.CH2O/c6-5(7)4-2-1-3-8-4;1-2/h1-3H,(H,6,7);1H2. The Bertz CT molecular complexity index is 190. The van der Waals surface area contributed by atoms with Gasteiger partial charge in [0.2, 0.25) is 5.76 Å². The van der Waals surface area contributed by atoms with Crippen LogP contribution < -0.4 is 0 Å². The molecule has 0 fully saturated rings. The molecular formula is C6H6O4. The minimum absolute atomic E-state index is 0.0231. The normalized spacial score (nSPS) is 7.60. The van der Waals surface area contributed by atoms with E-state index in [4.69, 9.17) is 9.90 Å². The molecule has 4 heteroatoms. The van der Waals surface area contributed by atoms with Crippen LogP contribution in [0.3, 0.4) is 0 Å². The number of rotatable bonds is 1. The smallest absolute Gasteiger partial charge is 0.371 e. The predicted octanol–water partition coefficient (Wildman–Crippen LogP) is 0.793. The van der Waals surface area contributed by atoms with Crippen molar-refractivity contribution < 1.29 is 19.1 Å². The first-order chi connectivity index (χ1) is 4.80. The van der Waals surface area contributed by atoms with Crippen LogP contribution in [-0.2, 0) is 4.79 Å². The maximum absolute atomic E-state index is 9.97. The highest BCUT2D eigenvalue weighted by atomic mass is 16.4. The van der Waals surface area contributed by atoms with Gasteiger partial charge in [-0.05, 0) is 12.1 Å². The summed E-state index contributed by atoms with van der Waals surface area (Å²) in [5.74, 6) is -1.06. The van der Waals surface area contributed by atoms with Crippen LogP contribution >= 0.6 is 0 Å². The summed E-state index contributed by atoms with van der Waals surface area (Å²) in [7, 11) is 0. The molecule has 0 amide bonds. The average Bonchev–Trinajstić information content (AvgIpc) is 2.42. The van der Waals surface area contributed by atoms with Gasteiger partial charge in [-0.15, -0.1) is 0 Å². The molecule has 0 spiro atoms. The molecule has 1 rings (SSSR count). The molecule has 0 aliphatic heterocycles. The van der Waals surface area contributed by atoms with Crippen LogP contribution in [0.15, 0.2) is 22.8 Å². The molecule has 4 nitrogen and oxygen atoms in total. The first-order valence-corrected chi connectivity index (χ1v) is 2.36. The molecular weight excluding hydrogens is 136 g/mol. The minimum atomic E-state index is -1.03. The first kappa shape index (κ1) is 8.42. The van der Waals surface area contributed by atoms with Crippen molar-refractivity contribution in [1.82, 2.24) is 0 Å². The highest BCUT2D eigenvalue weighted by molar-refractivity contribution is 5.84. The Morgan fingerprint density at radius 3 is 2.40 bits per heavy atom. The van der Waals surface area contributed by atoms with E-state index in [2.05, 4.69) is 4.42 Å². The summed E-state index contributed by atoms with van der Waals surface area (Å²) in [5, 5.41) is 8.18. The predicted molar refractivity (Wildman–Crippen MR) is 32.8 cm³/mol. The highest BCUT2D eigenvalue weighted by Crippen LogP contribution is 1.97. The number of carbonyl (C=O) groups excluding carboxylic acids is 1. The van der Waals surface area contributed by atoms with E-state index < -0.39 is 5.97 Å². The summed E-state index contributed by atoms with van der Waals surface area (Å²) in [6.07, 6.45) is 1.32. The Morgan fingerprint density at radius 2 is 2.20 bits per heavy atom. The number of carbonyl (C=O) groups is 2. The molecule has 1 aromatic heterocycles. The van der Waals surface area contributed by atoms with Gasteiger partial charge < -0.3 is 14.3 Å². The van der Waals surface area contributed by atoms with Crippen molar-refractivity contribution in [3.05, 3.63) is 24.2 Å². The third kappa shape index (κ3) is 2.13. The molecule has 0 atom stereocenters. The van der Waals surface area contributed by atoms with Gasteiger partial charge in [-0.3, -0.25) is 0 Å². The fourth-order valence-corrected chi connectivity index (χ4v) is 0.400. The van der Waals surface area contributed by atoms with Crippen LogP contribution in [0.1, 0.15) is 10.6 Å². The van der Waals surface area contributed by atoms with Gasteiger partial charge in [0.15, 0.2) is 0 Å². The van der Waals surface area contributed by atoms with E-state index in [1.165, 1.54) is 18.4 Å². The Kier molecular flexibility index (Phi) is 3.63. The molecule has 1 N–H and O–H groups in total. The van der Waals surface area contributed by atoms with E-state index in [0.717, 1.165) is 0 Å². The van der Waals surface area contributed by atoms with Gasteiger partial charge in [0.1, 0.15) is 6.79 Å². The summed E-state index contributed by atoms with van der Waals surface area (Å²) >= 11 is 0. The molecule has 0 unspecified atom stereocenters. The minimum Gasteiger partial charge on any atom is -0.475 e. The second-order valence-electron chi connectivity index (χ2n) is 1.28. The quantitative estimate of drug-likeness (QED) is 0.629. The molecule has 54 valence electrons. The van der Waals surface area contributed by atoms with Gasteiger partial charge in [-0.25, -0.2) is 4.79 Å². The third-order valence-corrected chi connectivity index (χ3v) is 0.732. The monoisotopic (exact) mass is 142 g/mol. The van der Waals surface area contributed by atoms with Crippen LogP contribution in [-0.4, -0.2) is 17.9 Å². The van der Waals surface area contributed by atoms with Crippen molar-refractivity contribution in [2.45, 2.75) is 0 Å². The van der Waals surface area contributed by atoms with Crippen LogP contribution in [0.25, 0.3) is 0 Å². The summed E-state index contributed by atoms with van der Waals surface area (Å²) in [4.78, 5) is 18.0. The molecule has 1 aromatic rings. The molecule has 0 radical (unpaired) electrons. The van der Waals surface area contributed by atoms with Crippen molar-refractivity contribution in [2.24, 2.45) is 0 Å². The number of carboxylic acid groups (broad SMARTS) is 1. The molecule has 0 aliphatic carbocycles. The SMILES string of the molecule is C=O.O=C(O)c1ccco1. The van der Waals surface area contributed by atoms with Gasteiger partial charge >= 0.3 is 5.97 Å². The number of aromatic carboxylic acids is 1. The second kappa shape index (κ2) is 4.31. The molecule has 0 aromatic carbocycles. The zero-order chi connectivity index (χ0) is 7.98. The third-order valence-electron chi connectivity index (χ3n) is 0.732. The molecule has 0 saturated heterocycles. The largest absolute Gasteiger partial charge is 0.475 e. The average molecular weight is 142 g/mol. The van der Waals surface area contributed by atoms with Crippen molar-refractivity contribution in [2.75, 3.05) is 0 Å². The lowest BCUT2D eigenvalue weighted by atomic mass is 10.5. The Balaban J connectivity index is 0.000000371. The maximum atomic E-state index is 9.97. The Labute approximate surface area is 57.1 Å². The van der Waals surface area contributed by atoms with E-state index >= 15 is 0 Å². The number of hydrogen-bond acceptors (Lipinski definition) is 3. The van der Waals surface area contributed by atoms with E-state index in [1.54, 1.807) is 0 Å². The topological polar surface area (TPSA) is 67.5 Å². The fraction of sp³-hybridized carbons (Fsp3) is 0. The molecule has 10 heavy (non-hydrogen) atoms. The Morgan fingerprint density at radius 1 is 1.60 bits per heavy atom. The van der Waals surface area contributed by atoms with Crippen molar-refractivity contribution in [3.63, 3.8) is 0 Å². The van der Waals surface area contributed by atoms with Crippen LogP contribution in [0.5, 0.6) is 0 Å². The van der Waals surface area contributed by atoms with E-state index in [1.807, 2.05) is 6.79 Å². The summed E-state index contributed by atoms with van der Waals surface area (Å²) in [5.41, 5.74) is 0. The summed E-state index contributed by atoms with van der Waals surface area (Å²) < 4.78 is 4.50. The lowest BCUT2D eigenvalue weighted by molar-refractivity contribution is -0.0980. The van der Waals surface area contributed by atoms with Crippen molar-refractivity contribution >= 4 is 12.8 Å². The van der Waals surface area contributed by atoms with Crippen LogP contribution in [0, 0.1) is 0 Å². The molecule has 0 saturated carbocycles. The van der Waals surface area contributed by atoms with E-state index in [-0.39, 0.29) is 5.76 Å². The lowest BCUT2D eigenvalue weighted by Gasteiger charge is -1.79. The van der Waals surface area contributed by atoms with Crippen LogP contribution in [0.2, 0.25) is 0 Å². The van der Waals surface area contributed by atoms with E-state index in [9.17, 15) is 4.79 Å². The van der Waals surface area contributed by atoms with Gasteiger partial charge in [0.05, 0.1) is 6.26 Å². The molecule has 0 aliphatic rings. The Hall–Kier alpha value is -1.58. The fourth-order valence-electron chi connectivity index (χ4n) is 0.400. The van der Waals surface area contributed by atoms with Crippen LogP contribution in [0.4, 0.5) is 0 Å². The molecule has 1 heterocycles. The van der Waals surface area contributed by atoms with Crippen molar-refractivity contribution in [3.8, 4) is 0 Å². The van der Waals surface area contributed by atoms with Crippen molar-refractivity contribution in [1.29, 1.82) is 0 Å². The molecule has 0 bridgehead atoms. The number of furan rings is 1.